The number of rotatable bonds is 8. The predicted octanol–water partition coefficient (Wildman–Crippen LogP) is 5.51. The average Bonchev–Trinajstić information content (AvgIpc) is 2.89. The van der Waals surface area contributed by atoms with E-state index in [1.807, 2.05) is 50.2 Å². The van der Waals surface area contributed by atoms with Gasteiger partial charge in [-0.15, -0.1) is 0 Å². The van der Waals surface area contributed by atoms with Crippen LogP contribution < -0.4 is 10.1 Å². The van der Waals surface area contributed by atoms with Crippen molar-refractivity contribution in [2.24, 2.45) is 5.41 Å². The highest BCUT2D eigenvalue weighted by Gasteiger charge is 2.51. The Labute approximate surface area is 210 Å². The lowest BCUT2D eigenvalue weighted by Gasteiger charge is -2.46. The quantitative estimate of drug-likeness (QED) is 0.434. The molecule has 186 valence electrons. The molecule has 7 heteroatoms. The van der Waals surface area contributed by atoms with E-state index < -0.39 is 16.9 Å². The van der Waals surface area contributed by atoms with E-state index >= 15 is 0 Å². The molecule has 5 rings (SSSR count). The topological polar surface area (TPSA) is 101 Å². The van der Waals surface area contributed by atoms with E-state index in [1.165, 1.54) is 0 Å². The molecule has 2 N–H and O–H groups in total. The van der Waals surface area contributed by atoms with Crippen LogP contribution >= 0.6 is 0 Å². The fraction of sp³-hybridized carbons (Fsp3) is 0.379. The van der Waals surface area contributed by atoms with Gasteiger partial charge in [0.2, 0.25) is 5.88 Å². The fourth-order valence-electron chi connectivity index (χ4n) is 5.49. The third kappa shape index (κ3) is 4.23. The van der Waals surface area contributed by atoms with E-state index in [1.54, 1.807) is 18.5 Å². The van der Waals surface area contributed by atoms with Gasteiger partial charge in [0.25, 0.3) is 0 Å². The maximum atomic E-state index is 12.5. The molecule has 2 heterocycles. The number of pyridine rings is 2. The Balaban J connectivity index is 1.36. The Kier molecular flexibility index (Phi) is 6.24. The minimum atomic E-state index is -1.20. The van der Waals surface area contributed by atoms with E-state index in [2.05, 4.69) is 15.3 Å². The fourth-order valence-corrected chi connectivity index (χ4v) is 5.49. The summed E-state index contributed by atoms with van der Waals surface area (Å²) in [6, 6.07) is 11.3. The number of carbonyl (C=O) groups excluding carboxylic acids is 1. The molecule has 2 aliphatic carbocycles. The van der Waals surface area contributed by atoms with Gasteiger partial charge >= 0.3 is 5.97 Å². The number of ether oxygens (including phenoxy) is 1. The molecular weight excluding hydrogens is 454 g/mol. The van der Waals surface area contributed by atoms with Crippen molar-refractivity contribution in [3.63, 3.8) is 0 Å². The first-order valence-electron chi connectivity index (χ1n) is 12.6. The number of nitrogens with zero attached hydrogens (tertiary/aromatic N) is 2. The summed E-state index contributed by atoms with van der Waals surface area (Å²) >= 11 is 0. The zero-order chi connectivity index (χ0) is 25.3. The standard InChI is InChI=1S/C29H31N3O4/c1-3-29(27(34)35,32-24-16-25(33)28(24)12-5-4-6-13-28)17-20-7-9-22(10-8-20)36-26-23-18-30-14-11-21(23)15-19(2)31-26/h7-11,14-16,18,32H,3-6,12-13,17H2,1-2H3,(H,34,35)/t29-/m0/s1. The molecule has 1 aromatic carbocycles. The van der Waals surface area contributed by atoms with Crippen LogP contribution in [-0.2, 0) is 16.0 Å². The van der Waals surface area contributed by atoms with E-state index in [0.717, 1.165) is 59.8 Å². The largest absolute Gasteiger partial charge is 0.479 e. The Morgan fingerprint density at radius 2 is 1.92 bits per heavy atom. The van der Waals surface area contributed by atoms with Crippen LogP contribution in [0.1, 0.15) is 56.7 Å². The van der Waals surface area contributed by atoms with Gasteiger partial charge in [0, 0.05) is 36.3 Å². The van der Waals surface area contributed by atoms with Crippen molar-refractivity contribution in [1.29, 1.82) is 0 Å². The normalized spacial score (nSPS) is 18.3. The molecule has 7 nitrogen and oxygen atoms in total. The van der Waals surface area contributed by atoms with Gasteiger partial charge in [0.05, 0.1) is 10.8 Å². The van der Waals surface area contributed by atoms with E-state index in [9.17, 15) is 14.7 Å². The van der Waals surface area contributed by atoms with E-state index in [0.29, 0.717) is 18.1 Å². The van der Waals surface area contributed by atoms with Crippen molar-refractivity contribution in [1.82, 2.24) is 15.3 Å². The number of aromatic nitrogens is 2. The highest BCUT2D eigenvalue weighted by atomic mass is 16.5. The van der Waals surface area contributed by atoms with Crippen LogP contribution in [0, 0.1) is 12.3 Å². The van der Waals surface area contributed by atoms with Crippen LogP contribution in [0.4, 0.5) is 0 Å². The number of nitrogens with one attached hydrogen (secondary N) is 1. The number of hydrogen-bond acceptors (Lipinski definition) is 6. The second kappa shape index (κ2) is 9.37. The van der Waals surface area contributed by atoms with Crippen LogP contribution in [0.5, 0.6) is 11.6 Å². The van der Waals surface area contributed by atoms with Gasteiger partial charge in [-0.3, -0.25) is 9.78 Å². The second-order valence-electron chi connectivity index (χ2n) is 10.0. The van der Waals surface area contributed by atoms with Crippen molar-refractivity contribution >= 4 is 22.5 Å². The van der Waals surface area contributed by atoms with Gasteiger partial charge in [-0.25, -0.2) is 9.78 Å². The summed E-state index contributed by atoms with van der Waals surface area (Å²) in [7, 11) is 0. The molecule has 1 saturated carbocycles. The van der Waals surface area contributed by atoms with E-state index in [4.69, 9.17) is 4.74 Å². The van der Waals surface area contributed by atoms with Crippen LogP contribution in [-0.4, -0.2) is 32.4 Å². The first-order chi connectivity index (χ1) is 17.3. The number of allylic oxidation sites excluding steroid dienone is 2. The van der Waals surface area contributed by atoms with Crippen LogP contribution in [0.15, 0.2) is 60.6 Å². The number of carboxylic acids is 1. The molecule has 0 bridgehead atoms. The summed E-state index contributed by atoms with van der Waals surface area (Å²) in [6.45, 7) is 3.79. The Morgan fingerprint density at radius 3 is 2.58 bits per heavy atom. The number of fused-ring (bicyclic) bond motifs is 1. The van der Waals surface area contributed by atoms with Crippen LogP contribution in [0.25, 0.3) is 10.8 Å². The zero-order valence-electron chi connectivity index (χ0n) is 20.7. The molecule has 1 atom stereocenters. The van der Waals surface area contributed by atoms with Gasteiger partial charge < -0.3 is 15.2 Å². The number of aliphatic carboxylic acids is 1. The number of aryl methyl sites for hydroxylation is 1. The van der Waals surface area contributed by atoms with Crippen molar-refractivity contribution in [3.05, 3.63) is 71.8 Å². The number of ketones is 1. The minimum absolute atomic E-state index is 0.133. The van der Waals surface area contributed by atoms with Gasteiger partial charge in [-0.1, -0.05) is 38.3 Å². The van der Waals surface area contributed by atoms with Gasteiger partial charge in [0.1, 0.15) is 11.3 Å². The highest BCUT2D eigenvalue weighted by Crippen LogP contribution is 2.49. The third-order valence-electron chi connectivity index (χ3n) is 7.73. The van der Waals surface area contributed by atoms with Crippen molar-refractivity contribution in [2.45, 2.75) is 64.3 Å². The summed E-state index contributed by atoms with van der Waals surface area (Å²) in [6.07, 6.45) is 10.5. The summed E-state index contributed by atoms with van der Waals surface area (Å²) in [5, 5.41) is 15.4. The molecule has 0 saturated heterocycles. The SMILES string of the molecule is CC[C@@](Cc1ccc(Oc2nc(C)cc3ccncc23)cc1)(NC1=CC(=O)C12CCCCC2)C(=O)O. The minimum Gasteiger partial charge on any atom is -0.479 e. The molecule has 3 aromatic rings. The smallest absolute Gasteiger partial charge is 0.329 e. The monoisotopic (exact) mass is 485 g/mol. The average molecular weight is 486 g/mol. The van der Waals surface area contributed by atoms with Gasteiger partial charge in [0.15, 0.2) is 5.78 Å². The third-order valence-corrected chi connectivity index (χ3v) is 7.73. The maximum absolute atomic E-state index is 12.5. The maximum Gasteiger partial charge on any atom is 0.329 e. The lowest BCUT2D eigenvalue weighted by Crippen LogP contribution is -2.59. The predicted molar refractivity (Wildman–Crippen MR) is 137 cm³/mol. The van der Waals surface area contributed by atoms with Gasteiger partial charge in [-0.05, 0) is 61.4 Å². The molecule has 36 heavy (non-hydrogen) atoms. The Morgan fingerprint density at radius 1 is 1.17 bits per heavy atom. The molecular formula is C29H31N3O4. The number of carbonyl (C=O) groups is 2. The number of hydrogen-bond donors (Lipinski definition) is 2. The van der Waals surface area contributed by atoms with Crippen LogP contribution in [0.3, 0.4) is 0 Å². The number of benzene rings is 1. The Hall–Kier alpha value is -3.74. The molecule has 0 amide bonds. The van der Waals surface area contributed by atoms with Crippen LogP contribution in [0.2, 0.25) is 0 Å². The molecule has 0 aliphatic heterocycles. The zero-order valence-corrected chi connectivity index (χ0v) is 20.7. The van der Waals surface area contributed by atoms with Crippen molar-refractivity contribution < 1.29 is 19.4 Å². The molecule has 2 aliphatic rings. The lowest BCUT2D eigenvalue weighted by molar-refractivity contribution is -0.145. The van der Waals surface area contributed by atoms with Crippen molar-refractivity contribution in [3.8, 4) is 11.6 Å². The molecule has 0 unspecified atom stereocenters. The molecule has 1 spiro atoms. The lowest BCUT2D eigenvalue weighted by atomic mass is 9.62. The summed E-state index contributed by atoms with van der Waals surface area (Å²) in [5.74, 6) is 0.315. The number of carboxylic acid groups (broad SMARTS) is 1. The first-order valence-corrected chi connectivity index (χ1v) is 12.6. The molecule has 2 aromatic heterocycles. The first kappa shape index (κ1) is 24.0. The highest BCUT2D eigenvalue weighted by molar-refractivity contribution is 6.05. The summed E-state index contributed by atoms with van der Waals surface area (Å²) < 4.78 is 6.08. The molecule has 1 fully saturated rings. The molecule has 0 radical (unpaired) electrons. The van der Waals surface area contributed by atoms with E-state index in [-0.39, 0.29) is 12.2 Å². The summed E-state index contributed by atoms with van der Waals surface area (Å²) in [5.41, 5.74) is 0.804. The van der Waals surface area contributed by atoms with Gasteiger partial charge in [-0.2, -0.15) is 0 Å². The van der Waals surface area contributed by atoms with Crippen molar-refractivity contribution in [2.75, 3.05) is 0 Å². The second-order valence-corrected chi connectivity index (χ2v) is 10.0. The summed E-state index contributed by atoms with van der Waals surface area (Å²) in [4.78, 5) is 33.8. The Bertz CT molecular complexity index is 1340.